The number of ether oxygens (including phenoxy) is 4. The molecule has 0 amide bonds. The van der Waals surface area contributed by atoms with Gasteiger partial charge in [-0.3, -0.25) is 4.57 Å². The van der Waals surface area contributed by atoms with Crippen LogP contribution in [0.3, 0.4) is 0 Å². The second kappa shape index (κ2) is 7.62. The van der Waals surface area contributed by atoms with Crippen molar-refractivity contribution in [3.63, 3.8) is 0 Å². The molecular formula is C22H23N3O5. The number of carbonyl (C=O) groups excluding carboxylic acids is 1. The monoisotopic (exact) mass is 409 g/mol. The van der Waals surface area contributed by atoms with Gasteiger partial charge in [0.2, 0.25) is 5.95 Å². The molecule has 0 fully saturated rings. The zero-order valence-corrected chi connectivity index (χ0v) is 17.5. The summed E-state index contributed by atoms with van der Waals surface area (Å²) in [5.74, 6) is 1.80. The highest BCUT2D eigenvalue weighted by atomic mass is 16.5. The van der Waals surface area contributed by atoms with Crippen molar-refractivity contribution in [1.29, 1.82) is 0 Å². The highest BCUT2D eigenvalue weighted by molar-refractivity contribution is 5.94. The Morgan fingerprint density at radius 1 is 1.00 bits per heavy atom. The van der Waals surface area contributed by atoms with Crippen LogP contribution in [0.5, 0.6) is 17.2 Å². The maximum absolute atomic E-state index is 12.9. The van der Waals surface area contributed by atoms with Gasteiger partial charge in [-0.15, -0.1) is 0 Å². The van der Waals surface area contributed by atoms with Gasteiger partial charge in [0.1, 0.15) is 5.75 Å². The molecule has 30 heavy (non-hydrogen) atoms. The molecule has 4 rings (SSSR count). The fourth-order valence-electron chi connectivity index (χ4n) is 3.90. The molecule has 1 aliphatic rings. The van der Waals surface area contributed by atoms with E-state index in [0.717, 1.165) is 16.6 Å². The van der Waals surface area contributed by atoms with Gasteiger partial charge in [-0.05, 0) is 25.1 Å². The van der Waals surface area contributed by atoms with Crippen LogP contribution in [0, 0.1) is 0 Å². The first kappa shape index (κ1) is 19.6. The number of anilines is 1. The first-order chi connectivity index (χ1) is 14.5. The maximum Gasteiger partial charge on any atom is 0.337 e. The maximum atomic E-state index is 12.9. The van der Waals surface area contributed by atoms with Crippen LogP contribution in [0.15, 0.2) is 47.7 Å². The van der Waals surface area contributed by atoms with Gasteiger partial charge in [0, 0.05) is 17.3 Å². The molecule has 8 nitrogen and oxygen atoms in total. The highest BCUT2D eigenvalue weighted by Crippen LogP contribution is 2.45. The molecule has 1 aliphatic heterocycles. The molecular weight excluding hydrogens is 386 g/mol. The zero-order valence-electron chi connectivity index (χ0n) is 17.5. The third kappa shape index (κ3) is 2.92. The molecule has 0 radical (unpaired) electrons. The van der Waals surface area contributed by atoms with Crippen LogP contribution in [0.1, 0.15) is 18.5 Å². The summed E-state index contributed by atoms with van der Waals surface area (Å²) in [5.41, 5.74) is 3.52. The van der Waals surface area contributed by atoms with Gasteiger partial charge in [0.25, 0.3) is 0 Å². The fourth-order valence-corrected chi connectivity index (χ4v) is 3.90. The Balaban J connectivity index is 2.06. The van der Waals surface area contributed by atoms with Crippen LogP contribution < -0.4 is 19.5 Å². The summed E-state index contributed by atoms with van der Waals surface area (Å²) in [6.07, 6.45) is 0. The first-order valence-electron chi connectivity index (χ1n) is 9.37. The molecule has 3 aromatic rings. The second-order valence-electron chi connectivity index (χ2n) is 6.80. The number of methoxy groups -OCH3 is 4. The van der Waals surface area contributed by atoms with E-state index in [4.69, 9.17) is 23.9 Å². The average Bonchev–Trinajstić information content (AvgIpc) is 3.14. The lowest BCUT2D eigenvalue weighted by Gasteiger charge is -2.31. The van der Waals surface area contributed by atoms with E-state index in [1.165, 1.54) is 7.11 Å². The van der Waals surface area contributed by atoms with Crippen molar-refractivity contribution in [1.82, 2.24) is 9.55 Å². The predicted molar refractivity (Wildman–Crippen MR) is 112 cm³/mol. The number of nitrogens with zero attached hydrogens (tertiary/aromatic N) is 2. The largest absolute Gasteiger partial charge is 0.496 e. The smallest absolute Gasteiger partial charge is 0.337 e. The van der Waals surface area contributed by atoms with E-state index in [0.29, 0.717) is 34.5 Å². The van der Waals surface area contributed by atoms with Gasteiger partial charge in [0.15, 0.2) is 11.5 Å². The fraction of sp³-hybridized carbons (Fsp3) is 0.273. The van der Waals surface area contributed by atoms with Gasteiger partial charge >= 0.3 is 5.97 Å². The molecule has 0 saturated heterocycles. The van der Waals surface area contributed by atoms with Gasteiger partial charge in [-0.25, -0.2) is 9.78 Å². The third-order valence-electron chi connectivity index (χ3n) is 5.27. The van der Waals surface area contributed by atoms with Crippen molar-refractivity contribution in [3.8, 4) is 17.2 Å². The summed E-state index contributed by atoms with van der Waals surface area (Å²) in [7, 11) is 6.07. The van der Waals surface area contributed by atoms with Crippen molar-refractivity contribution in [2.24, 2.45) is 0 Å². The molecule has 1 N–H and O–H groups in total. The third-order valence-corrected chi connectivity index (χ3v) is 5.27. The first-order valence-corrected chi connectivity index (χ1v) is 9.37. The number of benzene rings is 2. The van der Waals surface area contributed by atoms with Crippen LogP contribution in [0.2, 0.25) is 0 Å². The number of hydrogen-bond donors (Lipinski definition) is 1. The summed E-state index contributed by atoms with van der Waals surface area (Å²) in [6, 6.07) is 10.8. The van der Waals surface area contributed by atoms with E-state index < -0.39 is 12.0 Å². The lowest BCUT2D eigenvalue weighted by molar-refractivity contribution is -0.136. The SMILES string of the molecule is COC(=O)C1=C(C)Nc2nc3ccccc3n2[C@@H]1c1cc(OC)c(OC)cc1OC. The van der Waals surface area contributed by atoms with Crippen molar-refractivity contribution in [2.45, 2.75) is 13.0 Å². The number of fused-ring (bicyclic) bond motifs is 3. The lowest BCUT2D eigenvalue weighted by atomic mass is 9.93. The number of hydrogen-bond acceptors (Lipinski definition) is 7. The van der Waals surface area contributed by atoms with Gasteiger partial charge < -0.3 is 24.3 Å². The van der Waals surface area contributed by atoms with E-state index in [-0.39, 0.29) is 0 Å². The Kier molecular flexibility index (Phi) is 4.99. The van der Waals surface area contributed by atoms with Gasteiger partial charge in [-0.1, -0.05) is 12.1 Å². The van der Waals surface area contributed by atoms with Gasteiger partial charge in [-0.2, -0.15) is 0 Å². The second-order valence-corrected chi connectivity index (χ2v) is 6.80. The number of para-hydroxylation sites is 2. The minimum Gasteiger partial charge on any atom is -0.496 e. The quantitative estimate of drug-likeness (QED) is 0.646. The number of allylic oxidation sites excluding steroid dienone is 1. The Morgan fingerprint density at radius 2 is 1.67 bits per heavy atom. The van der Waals surface area contributed by atoms with E-state index in [1.54, 1.807) is 27.4 Å². The van der Waals surface area contributed by atoms with Crippen LogP contribution in [-0.2, 0) is 9.53 Å². The molecule has 0 aliphatic carbocycles. The lowest BCUT2D eigenvalue weighted by Crippen LogP contribution is -2.28. The molecule has 0 unspecified atom stereocenters. The molecule has 1 atom stereocenters. The summed E-state index contributed by atoms with van der Waals surface area (Å²) in [5, 5.41) is 3.24. The van der Waals surface area contributed by atoms with Gasteiger partial charge in [0.05, 0.1) is 51.1 Å². The Bertz CT molecular complexity index is 1170. The van der Waals surface area contributed by atoms with E-state index in [9.17, 15) is 4.79 Å². The molecule has 8 heteroatoms. The standard InChI is InChI=1S/C22H23N3O5/c1-12-19(21(26)30-5)20(13-10-17(28-3)18(29-4)11-16(13)27-2)25-15-9-7-6-8-14(15)24-22(25)23-12/h6-11,20H,1-5H3,(H,23,24)/t20-/m1/s1. The number of nitrogens with one attached hydrogen (secondary N) is 1. The molecule has 0 spiro atoms. The number of carbonyl (C=O) groups is 1. The molecule has 0 bridgehead atoms. The van der Waals surface area contributed by atoms with E-state index in [2.05, 4.69) is 5.32 Å². The highest BCUT2D eigenvalue weighted by Gasteiger charge is 2.37. The number of esters is 1. The van der Waals surface area contributed by atoms with Crippen molar-refractivity contribution in [2.75, 3.05) is 33.8 Å². The number of imidazole rings is 1. The predicted octanol–water partition coefficient (Wildman–Crippen LogP) is 3.52. The Labute approximate surface area is 174 Å². The molecule has 2 aromatic carbocycles. The molecule has 156 valence electrons. The summed E-state index contributed by atoms with van der Waals surface area (Å²) >= 11 is 0. The molecule has 0 saturated carbocycles. The van der Waals surface area contributed by atoms with Crippen LogP contribution >= 0.6 is 0 Å². The average molecular weight is 409 g/mol. The number of aromatic nitrogens is 2. The summed E-state index contributed by atoms with van der Waals surface area (Å²) < 4.78 is 23.7. The van der Waals surface area contributed by atoms with Crippen LogP contribution in [0.25, 0.3) is 11.0 Å². The number of rotatable bonds is 5. The normalized spacial score (nSPS) is 15.4. The summed E-state index contributed by atoms with van der Waals surface area (Å²) in [6.45, 7) is 1.83. The van der Waals surface area contributed by atoms with E-state index >= 15 is 0 Å². The van der Waals surface area contributed by atoms with Crippen molar-refractivity contribution >= 4 is 23.0 Å². The van der Waals surface area contributed by atoms with Crippen LogP contribution in [-0.4, -0.2) is 44.0 Å². The zero-order chi connectivity index (χ0) is 21.4. The van der Waals surface area contributed by atoms with Crippen molar-refractivity contribution < 1.29 is 23.7 Å². The minimum atomic E-state index is -0.546. The molecule has 2 heterocycles. The Hall–Kier alpha value is -3.68. The minimum absolute atomic E-state index is 0.440. The van der Waals surface area contributed by atoms with Crippen LogP contribution in [0.4, 0.5) is 5.95 Å². The Morgan fingerprint density at radius 3 is 2.33 bits per heavy atom. The van der Waals surface area contributed by atoms with Crippen molar-refractivity contribution in [3.05, 3.63) is 53.2 Å². The topological polar surface area (TPSA) is 83.8 Å². The molecule has 1 aromatic heterocycles. The van der Waals surface area contributed by atoms with E-state index in [1.807, 2.05) is 41.8 Å². The summed E-state index contributed by atoms with van der Waals surface area (Å²) in [4.78, 5) is 17.6.